The van der Waals surface area contributed by atoms with E-state index >= 15 is 0 Å². The first-order valence-corrected chi connectivity index (χ1v) is 6.81. The highest BCUT2D eigenvalue weighted by Gasteiger charge is 2.10. The van der Waals surface area contributed by atoms with E-state index in [9.17, 15) is 4.79 Å². The molecule has 22 heavy (non-hydrogen) atoms. The van der Waals surface area contributed by atoms with E-state index in [0.29, 0.717) is 23.6 Å². The summed E-state index contributed by atoms with van der Waals surface area (Å²) in [6, 6.07) is 12.6. The van der Waals surface area contributed by atoms with Gasteiger partial charge in [0.15, 0.2) is 11.5 Å². The fourth-order valence-corrected chi connectivity index (χ4v) is 2.01. The summed E-state index contributed by atoms with van der Waals surface area (Å²) < 4.78 is 15.4. The van der Waals surface area contributed by atoms with E-state index in [4.69, 9.17) is 14.2 Å². The van der Waals surface area contributed by atoms with Crippen molar-refractivity contribution in [2.75, 3.05) is 21.3 Å². The minimum Gasteiger partial charge on any atom is -0.497 e. The van der Waals surface area contributed by atoms with Crippen molar-refractivity contribution in [3.8, 4) is 17.2 Å². The molecular weight excluding hydrogens is 282 g/mol. The van der Waals surface area contributed by atoms with Crippen LogP contribution in [-0.4, -0.2) is 27.2 Å². The number of methoxy groups -OCH3 is 3. The van der Waals surface area contributed by atoms with Crippen LogP contribution in [0, 0.1) is 0 Å². The lowest BCUT2D eigenvalue weighted by Gasteiger charge is -2.10. The molecule has 0 bridgehead atoms. The molecule has 0 atom stereocenters. The maximum atomic E-state index is 12.2. The number of carbonyl (C=O) groups excluding carboxylic acids is 1. The summed E-state index contributed by atoms with van der Waals surface area (Å²) in [5, 5.41) is 2.87. The van der Waals surface area contributed by atoms with Crippen molar-refractivity contribution in [1.82, 2.24) is 5.32 Å². The van der Waals surface area contributed by atoms with E-state index in [1.807, 2.05) is 24.3 Å². The van der Waals surface area contributed by atoms with Crippen molar-refractivity contribution in [3.05, 3.63) is 53.6 Å². The molecule has 2 aromatic carbocycles. The molecule has 0 aliphatic rings. The maximum Gasteiger partial charge on any atom is 0.251 e. The Labute approximate surface area is 129 Å². The Hall–Kier alpha value is -2.69. The summed E-state index contributed by atoms with van der Waals surface area (Å²) in [5.74, 6) is 1.74. The molecule has 0 fully saturated rings. The second-order valence-corrected chi connectivity index (χ2v) is 4.60. The fraction of sp³-hybridized carbons (Fsp3) is 0.235. The monoisotopic (exact) mass is 301 g/mol. The molecule has 2 aromatic rings. The minimum atomic E-state index is -0.170. The van der Waals surface area contributed by atoms with Gasteiger partial charge in [-0.15, -0.1) is 0 Å². The Morgan fingerprint density at radius 1 is 0.909 bits per heavy atom. The van der Waals surface area contributed by atoms with Crippen LogP contribution in [0.1, 0.15) is 15.9 Å². The number of rotatable bonds is 6. The first-order valence-electron chi connectivity index (χ1n) is 6.81. The van der Waals surface area contributed by atoms with Crippen LogP contribution in [0.25, 0.3) is 0 Å². The highest BCUT2D eigenvalue weighted by atomic mass is 16.5. The standard InChI is InChI=1S/C17H19NO4/c1-20-14-7-4-12(5-8-14)11-18-17(19)13-6-9-15(21-2)16(10-13)22-3/h4-10H,11H2,1-3H3,(H,18,19). The highest BCUT2D eigenvalue weighted by molar-refractivity contribution is 5.94. The minimum absolute atomic E-state index is 0.170. The molecular formula is C17H19NO4. The van der Waals surface area contributed by atoms with Crippen LogP contribution in [0.15, 0.2) is 42.5 Å². The summed E-state index contributed by atoms with van der Waals surface area (Å²) in [6.45, 7) is 0.442. The third-order valence-electron chi connectivity index (χ3n) is 3.26. The lowest BCUT2D eigenvalue weighted by molar-refractivity contribution is 0.0950. The number of benzene rings is 2. The molecule has 0 aliphatic heterocycles. The van der Waals surface area contributed by atoms with Crippen LogP contribution >= 0.6 is 0 Å². The first kappa shape index (κ1) is 15.7. The molecule has 0 aliphatic carbocycles. The van der Waals surface area contributed by atoms with Crippen molar-refractivity contribution in [1.29, 1.82) is 0 Å². The average Bonchev–Trinajstić information content (AvgIpc) is 2.59. The molecule has 5 heteroatoms. The van der Waals surface area contributed by atoms with Crippen molar-refractivity contribution >= 4 is 5.91 Å². The SMILES string of the molecule is COc1ccc(CNC(=O)c2ccc(OC)c(OC)c2)cc1. The van der Waals surface area contributed by atoms with Gasteiger partial charge in [-0.3, -0.25) is 4.79 Å². The Kier molecular flexibility index (Phi) is 5.25. The van der Waals surface area contributed by atoms with Gasteiger partial charge in [0.2, 0.25) is 0 Å². The molecule has 0 radical (unpaired) electrons. The molecule has 5 nitrogen and oxygen atoms in total. The Bertz CT molecular complexity index is 638. The molecule has 0 spiro atoms. The van der Waals surface area contributed by atoms with Crippen molar-refractivity contribution < 1.29 is 19.0 Å². The predicted molar refractivity (Wildman–Crippen MR) is 83.7 cm³/mol. The van der Waals surface area contributed by atoms with Crippen molar-refractivity contribution in [3.63, 3.8) is 0 Å². The number of carbonyl (C=O) groups is 1. The quantitative estimate of drug-likeness (QED) is 0.891. The molecule has 2 rings (SSSR count). The van der Waals surface area contributed by atoms with E-state index in [2.05, 4.69) is 5.32 Å². The third-order valence-corrected chi connectivity index (χ3v) is 3.26. The smallest absolute Gasteiger partial charge is 0.251 e. The zero-order valence-electron chi connectivity index (χ0n) is 12.9. The molecule has 1 amide bonds. The molecule has 0 aromatic heterocycles. The van der Waals surface area contributed by atoms with Gasteiger partial charge in [0.05, 0.1) is 21.3 Å². The van der Waals surface area contributed by atoms with Crippen LogP contribution in [0.4, 0.5) is 0 Å². The first-order chi connectivity index (χ1) is 10.7. The van der Waals surface area contributed by atoms with Gasteiger partial charge in [0.1, 0.15) is 5.75 Å². The largest absolute Gasteiger partial charge is 0.497 e. The third kappa shape index (κ3) is 3.69. The predicted octanol–water partition coefficient (Wildman–Crippen LogP) is 2.64. The summed E-state index contributed by atoms with van der Waals surface area (Å²) in [5.41, 5.74) is 1.51. The molecule has 116 valence electrons. The van der Waals surface area contributed by atoms with Crippen LogP contribution in [0.3, 0.4) is 0 Å². The van der Waals surface area contributed by atoms with Gasteiger partial charge in [-0.2, -0.15) is 0 Å². The van der Waals surface area contributed by atoms with Gasteiger partial charge in [0.25, 0.3) is 5.91 Å². The van der Waals surface area contributed by atoms with Gasteiger partial charge >= 0.3 is 0 Å². The second-order valence-electron chi connectivity index (χ2n) is 4.60. The van der Waals surface area contributed by atoms with Crippen LogP contribution < -0.4 is 19.5 Å². The number of nitrogens with one attached hydrogen (secondary N) is 1. The van der Waals surface area contributed by atoms with Crippen molar-refractivity contribution in [2.45, 2.75) is 6.54 Å². The number of hydrogen-bond acceptors (Lipinski definition) is 4. The lowest BCUT2D eigenvalue weighted by Crippen LogP contribution is -2.22. The molecule has 0 heterocycles. The van der Waals surface area contributed by atoms with E-state index in [1.54, 1.807) is 32.4 Å². The number of amides is 1. The summed E-state index contributed by atoms with van der Waals surface area (Å²) >= 11 is 0. The van der Waals surface area contributed by atoms with Gasteiger partial charge in [0, 0.05) is 12.1 Å². The topological polar surface area (TPSA) is 56.8 Å². The zero-order chi connectivity index (χ0) is 15.9. The molecule has 0 unspecified atom stereocenters. The lowest BCUT2D eigenvalue weighted by atomic mass is 10.1. The zero-order valence-corrected chi connectivity index (χ0v) is 12.9. The van der Waals surface area contributed by atoms with Crippen LogP contribution in [0.5, 0.6) is 17.2 Å². The van der Waals surface area contributed by atoms with Crippen LogP contribution in [-0.2, 0) is 6.54 Å². The van der Waals surface area contributed by atoms with Gasteiger partial charge in [-0.1, -0.05) is 12.1 Å². The van der Waals surface area contributed by atoms with E-state index in [-0.39, 0.29) is 5.91 Å². The summed E-state index contributed by atoms with van der Waals surface area (Å²) in [6.07, 6.45) is 0. The molecule has 0 saturated carbocycles. The van der Waals surface area contributed by atoms with Crippen LogP contribution in [0.2, 0.25) is 0 Å². The molecule has 0 saturated heterocycles. The Balaban J connectivity index is 2.02. The normalized spacial score (nSPS) is 9.95. The van der Waals surface area contributed by atoms with Gasteiger partial charge in [-0.05, 0) is 35.9 Å². The Morgan fingerprint density at radius 3 is 2.18 bits per heavy atom. The fourth-order valence-electron chi connectivity index (χ4n) is 2.01. The summed E-state index contributed by atoms with van der Waals surface area (Å²) in [7, 11) is 4.71. The number of ether oxygens (including phenoxy) is 3. The Morgan fingerprint density at radius 2 is 1.59 bits per heavy atom. The maximum absolute atomic E-state index is 12.2. The number of hydrogen-bond donors (Lipinski definition) is 1. The van der Waals surface area contributed by atoms with E-state index in [0.717, 1.165) is 11.3 Å². The second kappa shape index (κ2) is 7.36. The summed E-state index contributed by atoms with van der Waals surface area (Å²) in [4.78, 5) is 12.2. The van der Waals surface area contributed by atoms with Crippen molar-refractivity contribution in [2.24, 2.45) is 0 Å². The highest BCUT2D eigenvalue weighted by Crippen LogP contribution is 2.27. The van der Waals surface area contributed by atoms with Gasteiger partial charge < -0.3 is 19.5 Å². The van der Waals surface area contributed by atoms with E-state index in [1.165, 1.54) is 7.11 Å². The van der Waals surface area contributed by atoms with Gasteiger partial charge in [-0.25, -0.2) is 0 Å². The molecule has 1 N–H and O–H groups in total. The average molecular weight is 301 g/mol. The van der Waals surface area contributed by atoms with E-state index < -0.39 is 0 Å².